The van der Waals surface area contributed by atoms with Gasteiger partial charge in [-0.3, -0.25) is 4.79 Å². The summed E-state index contributed by atoms with van der Waals surface area (Å²) in [5.74, 6) is 0.193. The van der Waals surface area contributed by atoms with Crippen LogP contribution in [0.1, 0.15) is 41.3 Å². The van der Waals surface area contributed by atoms with E-state index in [1.165, 1.54) is 16.9 Å². The van der Waals surface area contributed by atoms with Gasteiger partial charge in [-0.1, -0.05) is 74.5 Å². The number of benzene rings is 3. The summed E-state index contributed by atoms with van der Waals surface area (Å²) in [6.07, 6.45) is 0. The molecule has 3 aromatic carbocycles. The number of aromatic nitrogens is 1. The first-order valence-electron chi connectivity index (χ1n) is 11.9. The lowest BCUT2D eigenvalue weighted by molar-refractivity contribution is 0.102. The van der Waals surface area contributed by atoms with Gasteiger partial charge < -0.3 is 16.4 Å². The number of nitrogens with two attached hydrogens (primary N) is 1. The first-order chi connectivity index (χ1) is 18.0. The zero-order chi connectivity index (χ0) is 25.9. The molecule has 37 heavy (non-hydrogen) atoms. The molecule has 1 amide bonds. The van der Waals surface area contributed by atoms with Crippen LogP contribution >= 0.6 is 11.3 Å². The fraction of sp³-hybridized carbons (Fsp3) is 0.100. The molecule has 0 aliphatic carbocycles. The maximum absolute atomic E-state index is 13.7. The van der Waals surface area contributed by atoms with Crippen LogP contribution in [0, 0.1) is 11.3 Å². The van der Waals surface area contributed by atoms with E-state index in [1.54, 1.807) is 0 Å². The molecule has 2 aromatic heterocycles. The molecule has 2 heterocycles. The lowest BCUT2D eigenvalue weighted by Gasteiger charge is -2.11. The van der Waals surface area contributed by atoms with Gasteiger partial charge in [0.05, 0.1) is 10.2 Å². The van der Waals surface area contributed by atoms with Gasteiger partial charge in [0.15, 0.2) is 0 Å². The van der Waals surface area contributed by atoms with Gasteiger partial charge in [-0.15, -0.1) is 11.3 Å². The Hall–Kier alpha value is -4.67. The van der Waals surface area contributed by atoms with Gasteiger partial charge in [-0.2, -0.15) is 5.26 Å². The Balaban J connectivity index is 1.71. The molecule has 0 unspecified atom stereocenters. The Morgan fingerprint density at radius 3 is 2.22 bits per heavy atom. The van der Waals surface area contributed by atoms with Crippen molar-refractivity contribution < 1.29 is 4.79 Å². The maximum Gasteiger partial charge on any atom is 0.260 e. The molecule has 182 valence electrons. The van der Waals surface area contributed by atoms with Crippen molar-refractivity contribution in [2.24, 2.45) is 0 Å². The Labute approximate surface area is 219 Å². The highest BCUT2D eigenvalue weighted by Gasteiger charge is 2.26. The third-order valence-electron chi connectivity index (χ3n) is 6.12. The van der Waals surface area contributed by atoms with Gasteiger partial charge >= 0.3 is 0 Å². The second-order valence-electron chi connectivity index (χ2n) is 8.93. The van der Waals surface area contributed by atoms with E-state index in [-0.39, 0.29) is 11.7 Å². The molecule has 0 bridgehead atoms. The van der Waals surface area contributed by atoms with E-state index in [1.807, 2.05) is 72.8 Å². The predicted molar refractivity (Wildman–Crippen MR) is 152 cm³/mol. The monoisotopic (exact) mass is 503 g/mol. The van der Waals surface area contributed by atoms with Gasteiger partial charge in [0.2, 0.25) is 0 Å². The number of hydrogen-bond acceptors (Lipinski definition) is 6. The summed E-state index contributed by atoms with van der Waals surface area (Å²) in [5, 5.41) is 17.0. The number of rotatable bonds is 6. The Kier molecular flexibility index (Phi) is 6.59. The Morgan fingerprint density at radius 1 is 0.946 bits per heavy atom. The number of nitrogen functional groups attached to an aromatic ring is 1. The van der Waals surface area contributed by atoms with Crippen LogP contribution in [0.5, 0.6) is 0 Å². The number of nitrogens with one attached hydrogen (secondary N) is 2. The summed E-state index contributed by atoms with van der Waals surface area (Å²) >= 11 is 1.39. The number of nitrogens with zero attached hydrogens (tertiary/aromatic N) is 2. The van der Waals surface area contributed by atoms with E-state index >= 15 is 0 Å². The van der Waals surface area contributed by atoms with Crippen LogP contribution in [0.2, 0.25) is 0 Å². The van der Waals surface area contributed by atoms with Gasteiger partial charge in [0, 0.05) is 16.9 Å². The molecule has 0 spiro atoms. The molecule has 0 saturated heterocycles. The largest absolute Gasteiger partial charge is 0.383 e. The van der Waals surface area contributed by atoms with Crippen molar-refractivity contribution in [1.29, 1.82) is 5.26 Å². The summed E-state index contributed by atoms with van der Waals surface area (Å²) in [6.45, 7) is 4.29. The molecule has 6 nitrogen and oxygen atoms in total. The topological polar surface area (TPSA) is 104 Å². The molecular weight excluding hydrogens is 478 g/mol. The zero-order valence-electron chi connectivity index (χ0n) is 20.4. The predicted octanol–water partition coefficient (Wildman–Crippen LogP) is 7.54. The quantitative estimate of drug-likeness (QED) is 0.222. The lowest BCUT2D eigenvalue weighted by Crippen LogP contribution is -2.13. The summed E-state index contributed by atoms with van der Waals surface area (Å²) in [6, 6.07) is 29.2. The minimum absolute atomic E-state index is 0.0910. The molecule has 4 N–H and O–H groups in total. The minimum atomic E-state index is -0.311. The second kappa shape index (κ2) is 10.1. The highest BCUT2D eigenvalue weighted by atomic mass is 32.1. The lowest BCUT2D eigenvalue weighted by atomic mass is 10.00. The third kappa shape index (κ3) is 4.75. The first kappa shape index (κ1) is 24.0. The zero-order valence-corrected chi connectivity index (χ0v) is 21.3. The molecule has 0 aliphatic rings. The van der Waals surface area contributed by atoms with Crippen LogP contribution in [-0.2, 0) is 0 Å². The number of carbonyl (C=O) groups excluding carboxylic acids is 1. The number of anilines is 4. The molecule has 0 radical (unpaired) electrons. The number of nitriles is 1. The van der Waals surface area contributed by atoms with Gasteiger partial charge in [-0.05, 0) is 41.3 Å². The minimum Gasteiger partial charge on any atom is -0.383 e. The number of para-hydroxylation sites is 1. The molecule has 5 rings (SSSR count). The van der Waals surface area contributed by atoms with Crippen molar-refractivity contribution in [2.75, 3.05) is 16.4 Å². The summed E-state index contributed by atoms with van der Waals surface area (Å²) in [7, 11) is 0. The number of hydrogen-bond donors (Lipinski definition) is 3. The smallest absolute Gasteiger partial charge is 0.260 e. The number of carbonyl (C=O) groups is 1. The van der Waals surface area contributed by atoms with Crippen molar-refractivity contribution in [3.63, 3.8) is 0 Å². The van der Waals surface area contributed by atoms with E-state index in [2.05, 4.69) is 47.7 Å². The van der Waals surface area contributed by atoms with E-state index in [0.29, 0.717) is 38.8 Å². The number of thiophene rings is 1. The van der Waals surface area contributed by atoms with E-state index in [4.69, 9.17) is 5.73 Å². The van der Waals surface area contributed by atoms with E-state index < -0.39 is 0 Å². The normalized spacial score (nSPS) is 10.9. The highest BCUT2D eigenvalue weighted by molar-refractivity contribution is 7.24. The average Bonchev–Trinajstić information content (AvgIpc) is 3.26. The van der Waals surface area contributed by atoms with Crippen molar-refractivity contribution in [2.45, 2.75) is 19.8 Å². The van der Waals surface area contributed by atoms with E-state index in [9.17, 15) is 10.1 Å². The third-order valence-corrected chi connectivity index (χ3v) is 7.23. The van der Waals surface area contributed by atoms with Crippen LogP contribution in [0.3, 0.4) is 0 Å². The van der Waals surface area contributed by atoms with Crippen molar-refractivity contribution in [3.05, 3.63) is 102 Å². The number of pyridine rings is 1. The fourth-order valence-corrected chi connectivity index (χ4v) is 5.44. The molecule has 0 aliphatic heterocycles. The highest BCUT2D eigenvalue weighted by Crippen LogP contribution is 2.44. The Morgan fingerprint density at radius 2 is 1.59 bits per heavy atom. The molecule has 0 saturated carbocycles. The Bertz CT molecular complexity index is 1620. The van der Waals surface area contributed by atoms with Crippen LogP contribution in [0.4, 0.5) is 22.2 Å². The van der Waals surface area contributed by atoms with Crippen molar-refractivity contribution >= 4 is 49.7 Å². The maximum atomic E-state index is 13.7. The summed E-state index contributed by atoms with van der Waals surface area (Å²) in [5.41, 5.74) is 11.7. The molecule has 0 fully saturated rings. The van der Waals surface area contributed by atoms with Crippen LogP contribution in [-0.4, -0.2) is 10.9 Å². The van der Waals surface area contributed by atoms with Gasteiger partial charge in [0.25, 0.3) is 5.91 Å². The first-order valence-corrected chi connectivity index (χ1v) is 12.7. The molecule has 0 atom stereocenters. The van der Waals surface area contributed by atoms with E-state index in [0.717, 1.165) is 16.0 Å². The molecule has 5 aromatic rings. The standard InChI is InChI=1S/C30H25N5OS/c1-18(2)19-13-15-22(16-14-19)34-30-25(29(36)33-21-11-7-4-8-12-21)26-27(37-30)24(20-9-5-3-6-10-20)23(17-31)28(32)35-26/h3-16,18,34H,1-2H3,(H2,32,35)(H,33,36). The van der Waals surface area contributed by atoms with Gasteiger partial charge in [-0.25, -0.2) is 4.98 Å². The average molecular weight is 504 g/mol. The van der Waals surface area contributed by atoms with Crippen molar-refractivity contribution in [3.8, 4) is 17.2 Å². The molecular formula is C30H25N5OS. The summed E-state index contributed by atoms with van der Waals surface area (Å²) in [4.78, 5) is 18.2. The SMILES string of the molecule is CC(C)c1ccc(Nc2sc3c(-c4ccccc4)c(C#N)c(N)nc3c2C(=O)Nc2ccccc2)cc1. The van der Waals surface area contributed by atoms with Crippen LogP contribution in [0.15, 0.2) is 84.9 Å². The number of amides is 1. The van der Waals surface area contributed by atoms with Crippen LogP contribution in [0.25, 0.3) is 21.3 Å². The second-order valence-corrected chi connectivity index (χ2v) is 9.95. The van der Waals surface area contributed by atoms with Crippen LogP contribution < -0.4 is 16.4 Å². The van der Waals surface area contributed by atoms with Crippen molar-refractivity contribution in [1.82, 2.24) is 4.98 Å². The summed E-state index contributed by atoms with van der Waals surface area (Å²) < 4.78 is 0.719. The number of fused-ring (bicyclic) bond motifs is 1. The van der Waals surface area contributed by atoms with Gasteiger partial charge in [0.1, 0.15) is 28.0 Å². The fourth-order valence-electron chi connectivity index (χ4n) is 4.21. The molecule has 7 heteroatoms.